The predicted molar refractivity (Wildman–Crippen MR) is 121 cm³/mol. The summed E-state index contributed by atoms with van der Waals surface area (Å²) in [5.41, 5.74) is 2.54. The number of amides is 1. The molecule has 0 fully saturated rings. The summed E-state index contributed by atoms with van der Waals surface area (Å²) in [6.07, 6.45) is 0.618. The zero-order chi connectivity index (χ0) is 22.6. The van der Waals surface area contributed by atoms with E-state index < -0.39 is 10.0 Å². The van der Waals surface area contributed by atoms with Crippen molar-refractivity contribution < 1.29 is 22.7 Å². The maximum atomic E-state index is 13.0. The number of benzene rings is 3. The van der Waals surface area contributed by atoms with Crippen LogP contribution in [-0.2, 0) is 27.8 Å². The van der Waals surface area contributed by atoms with Crippen LogP contribution >= 0.6 is 0 Å². The molecule has 32 heavy (non-hydrogen) atoms. The Morgan fingerprint density at radius 3 is 2.44 bits per heavy atom. The van der Waals surface area contributed by atoms with E-state index >= 15 is 0 Å². The molecule has 3 aromatic rings. The summed E-state index contributed by atoms with van der Waals surface area (Å²) in [5, 5.41) is 2.81. The number of methoxy groups -OCH3 is 1. The third-order valence-electron chi connectivity index (χ3n) is 5.28. The Morgan fingerprint density at radius 1 is 0.969 bits per heavy atom. The Hall–Kier alpha value is -3.36. The van der Waals surface area contributed by atoms with Crippen LogP contribution in [0.15, 0.2) is 77.7 Å². The van der Waals surface area contributed by atoms with E-state index in [9.17, 15) is 13.2 Å². The Bertz CT molecular complexity index is 1210. The minimum Gasteiger partial charge on any atom is -0.493 e. The maximum Gasteiger partial charge on any atom is 0.262 e. The number of rotatable bonds is 7. The maximum absolute atomic E-state index is 13.0. The molecule has 8 heteroatoms. The summed E-state index contributed by atoms with van der Waals surface area (Å²) in [6.45, 7) is 0.503. The SMILES string of the molecule is COc1ccccc1OCC(=O)Nc1ccc2c(c1)CN(S(=O)(=O)c1ccccc1)CC2. The minimum atomic E-state index is -3.57. The van der Waals surface area contributed by atoms with Crippen LogP contribution in [0.5, 0.6) is 11.5 Å². The number of hydrogen-bond donors (Lipinski definition) is 1. The van der Waals surface area contributed by atoms with Gasteiger partial charge in [0.1, 0.15) is 0 Å². The molecule has 166 valence electrons. The van der Waals surface area contributed by atoms with Gasteiger partial charge in [0.05, 0.1) is 12.0 Å². The number of carbonyl (C=O) groups excluding carboxylic acids is 1. The number of nitrogens with one attached hydrogen (secondary N) is 1. The molecule has 0 unspecified atom stereocenters. The van der Waals surface area contributed by atoms with Gasteiger partial charge in [0, 0.05) is 18.8 Å². The van der Waals surface area contributed by atoms with Gasteiger partial charge >= 0.3 is 0 Å². The molecule has 1 amide bonds. The van der Waals surface area contributed by atoms with E-state index in [1.54, 1.807) is 48.5 Å². The number of ether oxygens (including phenoxy) is 2. The first kappa shape index (κ1) is 21.9. The third-order valence-corrected chi connectivity index (χ3v) is 7.14. The van der Waals surface area contributed by atoms with E-state index in [2.05, 4.69) is 5.32 Å². The predicted octanol–water partition coefficient (Wildman–Crippen LogP) is 3.46. The van der Waals surface area contributed by atoms with Crippen molar-refractivity contribution in [3.8, 4) is 11.5 Å². The van der Waals surface area contributed by atoms with Crippen LogP contribution in [0.4, 0.5) is 5.69 Å². The Labute approximate surface area is 187 Å². The van der Waals surface area contributed by atoms with Crippen LogP contribution in [0.3, 0.4) is 0 Å². The van der Waals surface area contributed by atoms with Gasteiger partial charge in [-0.2, -0.15) is 4.31 Å². The highest BCUT2D eigenvalue weighted by atomic mass is 32.2. The highest BCUT2D eigenvalue weighted by Gasteiger charge is 2.28. The van der Waals surface area contributed by atoms with Crippen LogP contribution in [0, 0.1) is 0 Å². The Morgan fingerprint density at radius 2 is 1.69 bits per heavy atom. The van der Waals surface area contributed by atoms with E-state index in [1.807, 2.05) is 24.3 Å². The molecular weight excluding hydrogens is 428 g/mol. The van der Waals surface area contributed by atoms with Crippen molar-refractivity contribution in [2.24, 2.45) is 0 Å². The molecular formula is C24H24N2O5S. The van der Waals surface area contributed by atoms with Crippen LogP contribution in [-0.4, -0.2) is 38.9 Å². The fourth-order valence-electron chi connectivity index (χ4n) is 3.63. The molecule has 0 bridgehead atoms. The standard InChI is InChI=1S/C24H24N2O5S/c1-30-22-9-5-6-10-23(22)31-17-24(27)25-20-12-11-18-13-14-26(16-19(18)15-20)32(28,29)21-7-3-2-4-8-21/h2-12,15H,13-14,16-17H2,1H3,(H,25,27). The first-order valence-corrected chi connectivity index (χ1v) is 11.6. The molecule has 1 N–H and O–H groups in total. The molecule has 3 aromatic carbocycles. The molecule has 0 aromatic heterocycles. The van der Waals surface area contributed by atoms with Gasteiger partial charge in [-0.05, 0) is 53.9 Å². The average Bonchev–Trinajstić information content (AvgIpc) is 2.83. The molecule has 0 saturated carbocycles. The summed E-state index contributed by atoms with van der Waals surface area (Å²) in [6, 6.07) is 21.1. The van der Waals surface area contributed by atoms with E-state index in [-0.39, 0.29) is 24.0 Å². The normalized spacial score (nSPS) is 13.8. The number of sulfonamides is 1. The lowest BCUT2D eigenvalue weighted by molar-refractivity contribution is -0.118. The van der Waals surface area contributed by atoms with E-state index in [0.717, 1.165) is 11.1 Å². The summed E-state index contributed by atoms with van der Waals surface area (Å²) < 4.78 is 38.2. The summed E-state index contributed by atoms with van der Waals surface area (Å²) in [7, 11) is -2.03. The van der Waals surface area contributed by atoms with Crippen molar-refractivity contribution in [3.05, 3.63) is 83.9 Å². The minimum absolute atomic E-state index is 0.175. The fourth-order valence-corrected chi connectivity index (χ4v) is 5.07. The van der Waals surface area contributed by atoms with E-state index in [4.69, 9.17) is 9.47 Å². The van der Waals surface area contributed by atoms with Gasteiger partial charge in [-0.1, -0.05) is 36.4 Å². The first-order valence-electron chi connectivity index (χ1n) is 10.2. The largest absolute Gasteiger partial charge is 0.493 e. The lowest BCUT2D eigenvalue weighted by Crippen LogP contribution is -2.36. The second kappa shape index (κ2) is 9.42. The fraction of sp³-hybridized carbons (Fsp3) is 0.208. The number of fused-ring (bicyclic) bond motifs is 1. The van der Waals surface area contributed by atoms with Crippen molar-refractivity contribution in [1.29, 1.82) is 0 Å². The summed E-state index contributed by atoms with van der Waals surface area (Å²) in [4.78, 5) is 12.7. The lowest BCUT2D eigenvalue weighted by atomic mass is 10.0. The zero-order valence-electron chi connectivity index (χ0n) is 17.7. The van der Waals surface area contributed by atoms with Crippen molar-refractivity contribution in [1.82, 2.24) is 4.31 Å². The Balaban J connectivity index is 1.43. The lowest BCUT2D eigenvalue weighted by Gasteiger charge is -2.28. The third kappa shape index (κ3) is 4.76. The second-order valence-corrected chi connectivity index (χ2v) is 9.31. The van der Waals surface area contributed by atoms with E-state index in [1.165, 1.54) is 11.4 Å². The smallest absolute Gasteiger partial charge is 0.262 e. The van der Waals surface area contributed by atoms with Crippen LogP contribution < -0.4 is 14.8 Å². The molecule has 7 nitrogen and oxygen atoms in total. The van der Waals surface area contributed by atoms with Gasteiger partial charge in [0.2, 0.25) is 10.0 Å². The van der Waals surface area contributed by atoms with Gasteiger partial charge in [0.15, 0.2) is 18.1 Å². The number of nitrogens with zero attached hydrogens (tertiary/aromatic N) is 1. The van der Waals surface area contributed by atoms with Gasteiger partial charge in [-0.3, -0.25) is 4.79 Å². The van der Waals surface area contributed by atoms with Gasteiger partial charge in [-0.15, -0.1) is 0 Å². The molecule has 0 aliphatic carbocycles. The molecule has 0 spiro atoms. The van der Waals surface area contributed by atoms with Gasteiger partial charge < -0.3 is 14.8 Å². The van der Waals surface area contributed by atoms with Crippen LogP contribution in [0.2, 0.25) is 0 Å². The number of hydrogen-bond acceptors (Lipinski definition) is 5. The number of para-hydroxylation sites is 2. The molecule has 0 saturated heterocycles. The zero-order valence-corrected chi connectivity index (χ0v) is 18.5. The van der Waals surface area contributed by atoms with Crippen molar-refractivity contribution in [3.63, 3.8) is 0 Å². The molecule has 1 aliphatic rings. The molecule has 0 atom stereocenters. The average molecular weight is 453 g/mol. The highest BCUT2D eigenvalue weighted by Crippen LogP contribution is 2.28. The first-order chi connectivity index (χ1) is 15.5. The van der Waals surface area contributed by atoms with Crippen LogP contribution in [0.25, 0.3) is 0 Å². The Kier molecular flexibility index (Phi) is 6.43. The van der Waals surface area contributed by atoms with Crippen LogP contribution in [0.1, 0.15) is 11.1 Å². The highest BCUT2D eigenvalue weighted by molar-refractivity contribution is 7.89. The van der Waals surface area contributed by atoms with Gasteiger partial charge in [0.25, 0.3) is 5.91 Å². The number of anilines is 1. The van der Waals surface area contributed by atoms with Crippen molar-refractivity contribution in [2.75, 3.05) is 25.6 Å². The molecule has 4 rings (SSSR count). The van der Waals surface area contributed by atoms with Gasteiger partial charge in [-0.25, -0.2) is 8.42 Å². The second-order valence-electron chi connectivity index (χ2n) is 7.37. The van der Waals surface area contributed by atoms with E-state index in [0.29, 0.717) is 30.2 Å². The molecule has 0 radical (unpaired) electrons. The summed E-state index contributed by atoms with van der Waals surface area (Å²) in [5.74, 6) is 0.714. The van der Waals surface area contributed by atoms with Crippen molar-refractivity contribution in [2.45, 2.75) is 17.9 Å². The number of carbonyl (C=O) groups is 1. The molecule has 1 heterocycles. The monoisotopic (exact) mass is 452 g/mol. The topological polar surface area (TPSA) is 84.9 Å². The quantitative estimate of drug-likeness (QED) is 0.594. The van der Waals surface area contributed by atoms with Crippen molar-refractivity contribution >= 4 is 21.6 Å². The molecule has 1 aliphatic heterocycles. The summed E-state index contributed by atoms with van der Waals surface area (Å²) >= 11 is 0.